The van der Waals surface area contributed by atoms with Crippen LogP contribution < -0.4 is 34.9 Å². The molecule has 3 heterocycles. The molecule has 1 fully saturated rings. The lowest BCUT2D eigenvalue weighted by Crippen LogP contribution is -2.47. The number of carbonyl (C=O) groups is 2. The molecule has 41 heavy (non-hydrogen) atoms. The highest BCUT2D eigenvalue weighted by molar-refractivity contribution is 5.99. The van der Waals surface area contributed by atoms with Crippen LogP contribution in [0.15, 0.2) is 60.7 Å². The van der Waals surface area contributed by atoms with E-state index in [0.717, 1.165) is 11.1 Å². The van der Waals surface area contributed by atoms with E-state index in [1.54, 1.807) is 43.5 Å². The third kappa shape index (κ3) is 5.86. The molecule has 6 rings (SSSR count). The summed E-state index contributed by atoms with van der Waals surface area (Å²) in [4.78, 5) is 25.4. The van der Waals surface area contributed by atoms with Crippen molar-refractivity contribution in [3.05, 3.63) is 71.8 Å². The van der Waals surface area contributed by atoms with E-state index in [1.165, 1.54) is 0 Å². The number of anilines is 2. The van der Waals surface area contributed by atoms with Gasteiger partial charge in [-0.2, -0.15) is 0 Å². The largest absolute Gasteiger partial charge is 0.497 e. The van der Waals surface area contributed by atoms with Crippen molar-refractivity contribution in [2.24, 2.45) is 0 Å². The quantitative estimate of drug-likeness (QED) is 0.326. The molecule has 0 bridgehead atoms. The molecule has 0 spiro atoms. The summed E-state index contributed by atoms with van der Waals surface area (Å²) in [6.45, 7) is 0.302. The molecule has 11 nitrogen and oxygen atoms in total. The van der Waals surface area contributed by atoms with Gasteiger partial charge in [0.1, 0.15) is 23.7 Å². The maximum absolute atomic E-state index is 12.8. The van der Waals surface area contributed by atoms with Gasteiger partial charge in [0.2, 0.25) is 12.7 Å². The third-order valence-electron chi connectivity index (χ3n) is 7.44. The van der Waals surface area contributed by atoms with Crippen molar-refractivity contribution < 1.29 is 38.4 Å². The Kier molecular flexibility index (Phi) is 7.53. The SMILES string of the molecule is COc1ccc(NC(=O)Nc2ccc3c(c2)[C@@H]2C[C@@H](CC(=O)NCc4ccc5c(c4)OCO5)O[C@@H](CO)[C@@H]2O3)cc1. The molecule has 0 aliphatic carbocycles. The number of ether oxygens (including phenoxy) is 5. The first-order valence-electron chi connectivity index (χ1n) is 13.4. The van der Waals surface area contributed by atoms with Gasteiger partial charge in [0.05, 0.1) is 26.2 Å². The number of rotatable bonds is 8. The molecule has 3 aliphatic rings. The van der Waals surface area contributed by atoms with Gasteiger partial charge < -0.3 is 44.7 Å². The van der Waals surface area contributed by atoms with Gasteiger partial charge in [0.15, 0.2) is 11.5 Å². The van der Waals surface area contributed by atoms with Gasteiger partial charge in [0.25, 0.3) is 0 Å². The van der Waals surface area contributed by atoms with E-state index in [0.29, 0.717) is 47.3 Å². The van der Waals surface area contributed by atoms with E-state index in [9.17, 15) is 14.7 Å². The van der Waals surface area contributed by atoms with Crippen LogP contribution in [-0.2, 0) is 16.1 Å². The molecule has 4 atom stereocenters. The Morgan fingerprint density at radius 3 is 2.51 bits per heavy atom. The lowest BCUT2D eigenvalue weighted by atomic mass is 9.84. The number of aliphatic hydroxyl groups is 1. The van der Waals surface area contributed by atoms with Crippen LogP contribution in [-0.4, -0.2) is 55.9 Å². The van der Waals surface area contributed by atoms with Crippen molar-refractivity contribution in [2.75, 3.05) is 31.1 Å². The van der Waals surface area contributed by atoms with Gasteiger partial charge >= 0.3 is 6.03 Å². The molecule has 11 heteroatoms. The van der Waals surface area contributed by atoms with E-state index in [-0.39, 0.29) is 43.8 Å². The molecule has 214 valence electrons. The Morgan fingerprint density at radius 1 is 0.951 bits per heavy atom. The Hall–Kier alpha value is -4.48. The topological polar surface area (TPSA) is 137 Å². The Balaban J connectivity index is 1.08. The zero-order valence-electron chi connectivity index (χ0n) is 22.4. The molecule has 3 aromatic carbocycles. The van der Waals surface area contributed by atoms with Crippen molar-refractivity contribution in [3.8, 4) is 23.0 Å². The Morgan fingerprint density at radius 2 is 1.71 bits per heavy atom. The standard InChI is InChI=1S/C30H31N3O8/c1-37-20-6-3-18(4-7-20)32-30(36)33-19-5-9-24-22(11-19)23-12-21(40-27(15-34)29(23)41-24)13-28(35)31-14-17-2-8-25-26(10-17)39-16-38-25/h2-11,21,23,27,29,34H,12-16H2,1H3,(H,31,35)(H2,32,33,36)/t21-,23-,27-,29+/m0/s1. The fourth-order valence-corrected chi connectivity index (χ4v) is 5.47. The van der Waals surface area contributed by atoms with Gasteiger partial charge in [-0.15, -0.1) is 0 Å². The minimum Gasteiger partial charge on any atom is -0.497 e. The highest BCUT2D eigenvalue weighted by Gasteiger charge is 2.46. The molecule has 3 aliphatic heterocycles. The summed E-state index contributed by atoms with van der Waals surface area (Å²) in [5.41, 5.74) is 3.03. The minimum atomic E-state index is -0.581. The number of hydrogen-bond donors (Lipinski definition) is 4. The fourth-order valence-electron chi connectivity index (χ4n) is 5.47. The summed E-state index contributed by atoms with van der Waals surface area (Å²) in [6, 6.07) is 17.6. The van der Waals surface area contributed by atoms with E-state index in [1.807, 2.05) is 24.3 Å². The second kappa shape index (κ2) is 11.6. The lowest BCUT2D eigenvalue weighted by molar-refractivity contribution is -0.142. The molecule has 0 aromatic heterocycles. The molecule has 0 unspecified atom stereocenters. The first kappa shape index (κ1) is 26.7. The number of carbonyl (C=O) groups excluding carboxylic acids is 2. The van der Waals surface area contributed by atoms with Crippen LogP contribution in [0.3, 0.4) is 0 Å². The summed E-state index contributed by atoms with van der Waals surface area (Å²) in [7, 11) is 1.58. The van der Waals surface area contributed by atoms with Crippen LogP contribution in [0.2, 0.25) is 0 Å². The first-order valence-corrected chi connectivity index (χ1v) is 13.4. The van der Waals surface area contributed by atoms with Crippen LogP contribution in [0.25, 0.3) is 0 Å². The maximum Gasteiger partial charge on any atom is 0.323 e. The van der Waals surface area contributed by atoms with E-state index < -0.39 is 12.2 Å². The van der Waals surface area contributed by atoms with Gasteiger partial charge in [-0.05, 0) is 66.6 Å². The van der Waals surface area contributed by atoms with Crippen molar-refractivity contribution in [3.63, 3.8) is 0 Å². The van der Waals surface area contributed by atoms with Crippen LogP contribution in [0.4, 0.5) is 16.2 Å². The number of methoxy groups -OCH3 is 1. The summed E-state index contributed by atoms with van der Waals surface area (Å²) in [5, 5.41) is 18.6. The predicted octanol–water partition coefficient (Wildman–Crippen LogP) is 3.77. The van der Waals surface area contributed by atoms with Crippen LogP contribution in [0.1, 0.15) is 29.9 Å². The number of urea groups is 1. The molecule has 0 saturated carbocycles. The van der Waals surface area contributed by atoms with Crippen LogP contribution >= 0.6 is 0 Å². The number of benzene rings is 3. The van der Waals surface area contributed by atoms with Crippen molar-refractivity contribution in [2.45, 2.75) is 43.6 Å². The van der Waals surface area contributed by atoms with Gasteiger partial charge in [-0.25, -0.2) is 4.79 Å². The van der Waals surface area contributed by atoms with Crippen molar-refractivity contribution in [1.82, 2.24) is 5.32 Å². The summed E-state index contributed by atoms with van der Waals surface area (Å²) < 4.78 is 28.1. The molecule has 0 radical (unpaired) electrons. The van der Waals surface area contributed by atoms with Crippen molar-refractivity contribution >= 4 is 23.3 Å². The van der Waals surface area contributed by atoms with Gasteiger partial charge in [0, 0.05) is 29.4 Å². The fraction of sp³-hybridized carbons (Fsp3) is 0.333. The smallest absolute Gasteiger partial charge is 0.323 e. The number of amides is 3. The summed E-state index contributed by atoms with van der Waals surface area (Å²) in [5.74, 6) is 2.46. The zero-order valence-corrected chi connectivity index (χ0v) is 22.4. The summed E-state index contributed by atoms with van der Waals surface area (Å²) in [6.07, 6.45) is -0.696. The Labute approximate surface area is 236 Å². The second-order valence-electron chi connectivity index (χ2n) is 10.1. The average molecular weight is 562 g/mol. The summed E-state index contributed by atoms with van der Waals surface area (Å²) >= 11 is 0. The van der Waals surface area contributed by atoms with E-state index in [4.69, 9.17) is 23.7 Å². The number of fused-ring (bicyclic) bond motifs is 4. The van der Waals surface area contributed by atoms with E-state index >= 15 is 0 Å². The van der Waals surface area contributed by atoms with Gasteiger partial charge in [-0.3, -0.25) is 4.79 Å². The Bertz CT molecular complexity index is 1430. The van der Waals surface area contributed by atoms with Crippen LogP contribution in [0, 0.1) is 0 Å². The van der Waals surface area contributed by atoms with E-state index in [2.05, 4.69) is 16.0 Å². The van der Waals surface area contributed by atoms with Gasteiger partial charge in [-0.1, -0.05) is 6.07 Å². The molecule has 4 N–H and O–H groups in total. The monoisotopic (exact) mass is 561 g/mol. The second-order valence-corrected chi connectivity index (χ2v) is 10.1. The van der Waals surface area contributed by atoms with Crippen molar-refractivity contribution in [1.29, 1.82) is 0 Å². The number of hydrogen-bond acceptors (Lipinski definition) is 8. The third-order valence-corrected chi connectivity index (χ3v) is 7.44. The molecular weight excluding hydrogens is 530 g/mol. The predicted molar refractivity (Wildman–Crippen MR) is 149 cm³/mol. The molecule has 1 saturated heterocycles. The zero-order chi connectivity index (χ0) is 28.3. The highest BCUT2D eigenvalue weighted by atomic mass is 16.7. The highest BCUT2D eigenvalue weighted by Crippen LogP contribution is 2.47. The minimum absolute atomic E-state index is 0.103. The normalized spacial score (nSPS) is 21.7. The average Bonchev–Trinajstić information content (AvgIpc) is 3.60. The molecule has 3 amide bonds. The molecule has 3 aromatic rings. The number of aliphatic hydroxyl groups excluding tert-OH is 1. The lowest BCUT2D eigenvalue weighted by Gasteiger charge is -2.37. The maximum atomic E-state index is 12.8. The first-order chi connectivity index (χ1) is 20.0. The molecular formula is C30H31N3O8. The van der Waals surface area contributed by atoms with Crippen LogP contribution in [0.5, 0.6) is 23.0 Å². The number of nitrogens with one attached hydrogen (secondary N) is 3.